The minimum absolute atomic E-state index is 0. The van der Waals surface area contributed by atoms with E-state index in [1.54, 1.807) is 4.44 Å². The maximum atomic E-state index is 2.52. The SMILES string of the molecule is Br.CCCCCCCCC[CH2][Sn]([CH3])[CH3]. The van der Waals surface area contributed by atoms with E-state index in [0.717, 1.165) is 0 Å². The molecule has 0 aromatic carbocycles. The van der Waals surface area contributed by atoms with Gasteiger partial charge in [0.1, 0.15) is 0 Å². The van der Waals surface area contributed by atoms with Crippen molar-refractivity contribution in [2.75, 3.05) is 0 Å². The first kappa shape index (κ1) is 17.7. The Kier molecular flexibility index (Phi) is 18.0. The van der Waals surface area contributed by atoms with Crippen molar-refractivity contribution in [1.82, 2.24) is 0 Å². The molecule has 0 amide bonds. The van der Waals surface area contributed by atoms with Crippen LogP contribution in [0.25, 0.3) is 0 Å². The van der Waals surface area contributed by atoms with Crippen LogP contribution in [0, 0.1) is 0 Å². The van der Waals surface area contributed by atoms with E-state index < -0.39 is 19.8 Å². The summed E-state index contributed by atoms with van der Waals surface area (Å²) < 4.78 is 1.62. The monoisotopic (exact) mass is 371 g/mol. The topological polar surface area (TPSA) is 0 Å². The summed E-state index contributed by atoms with van der Waals surface area (Å²) in [5.74, 6) is 0. The van der Waals surface area contributed by atoms with Crippen LogP contribution in [0.5, 0.6) is 0 Å². The number of rotatable bonds is 9. The van der Waals surface area contributed by atoms with Crippen LogP contribution < -0.4 is 0 Å². The van der Waals surface area contributed by atoms with Crippen LogP contribution in [0.3, 0.4) is 0 Å². The Balaban J connectivity index is 0. The molecule has 0 aromatic heterocycles. The fourth-order valence-corrected chi connectivity index (χ4v) is 4.34. The fraction of sp³-hybridized carbons (Fsp3) is 1.00. The summed E-state index contributed by atoms with van der Waals surface area (Å²) in [4.78, 5) is 5.03. The number of hydrogen-bond acceptors (Lipinski definition) is 0. The van der Waals surface area contributed by atoms with Crippen LogP contribution in [0.15, 0.2) is 0 Å². The van der Waals surface area contributed by atoms with Crippen LogP contribution in [0.1, 0.15) is 58.3 Å². The van der Waals surface area contributed by atoms with E-state index in [0.29, 0.717) is 0 Å². The van der Waals surface area contributed by atoms with E-state index in [9.17, 15) is 0 Å². The van der Waals surface area contributed by atoms with Gasteiger partial charge in [-0.05, 0) is 0 Å². The van der Waals surface area contributed by atoms with Gasteiger partial charge in [-0.3, -0.25) is 0 Å². The molecule has 0 saturated heterocycles. The first-order chi connectivity index (χ1) is 6.27. The van der Waals surface area contributed by atoms with Crippen LogP contribution in [0.2, 0.25) is 14.3 Å². The molecule has 0 saturated carbocycles. The molecule has 2 heteroatoms. The molecule has 0 atom stereocenters. The average molecular weight is 371 g/mol. The summed E-state index contributed by atoms with van der Waals surface area (Å²) in [6, 6.07) is 0. The molecular weight excluding hydrogens is 343 g/mol. The molecule has 87 valence electrons. The molecule has 0 fully saturated rings. The Morgan fingerprint density at radius 1 is 0.714 bits per heavy atom. The van der Waals surface area contributed by atoms with Crippen molar-refractivity contribution in [2.24, 2.45) is 0 Å². The fourth-order valence-electron chi connectivity index (χ4n) is 1.61. The van der Waals surface area contributed by atoms with E-state index >= 15 is 0 Å². The van der Waals surface area contributed by atoms with E-state index in [1.165, 1.54) is 51.4 Å². The van der Waals surface area contributed by atoms with Crippen molar-refractivity contribution in [3.8, 4) is 0 Å². The summed E-state index contributed by atoms with van der Waals surface area (Å²) in [6.07, 6.45) is 11.8. The summed E-state index contributed by atoms with van der Waals surface area (Å²) in [6.45, 7) is 2.29. The summed E-state index contributed by atoms with van der Waals surface area (Å²) in [7, 11) is 0. The minimum atomic E-state index is -0.716. The zero-order valence-corrected chi connectivity index (χ0v) is 14.8. The van der Waals surface area contributed by atoms with Crippen LogP contribution >= 0.6 is 17.0 Å². The van der Waals surface area contributed by atoms with Crippen LogP contribution in [-0.2, 0) is 0 Å². The third-order valence-electron chi connectivity index (χ3n) is 2.53. The van der Waals surface area contributed by atoms with E-state index in [2.05, 4.69) is 16.8 Å². The second-order valence-electron chi connectivity index (χ2n) is 4.43. The quantitative estimate of drug-likeness (QED) is 0.373. The van der Waals surface area contributed by atoms with Gasteiger partial charge in [0.25, 0.3) is 0 Å². The van der Waals surface area contributed by atoms with Crippen molar-refractivity contribution >= 4 is 36.7 Å². The van der Waals surface area contributed by atoms with Crippen molar-refractivity contribution in [2.45, 2.75) is 72.6 Å². The Labute approximate surface area is 109 Å². The van der Waals surface area contributed by atoms with Gasteiger partial charge in [-0.25, -0.2) is 0 Å². The standard InChI is InChI=1S/C10H21.2CH3.BrH.Sn/c1-3-5-7-9-10-8-6-4-2;;;;/h1,3-10H2,2H3;2*1H3;1H;. The molecule has 1 radical (unpaired) electrons. The van der Waals surface area contributed by atoms with Gasteiger partial charge in [0.2, 0.25) is 0 Å². The maximum absolute atomic E-state index is 2.52. The van der Waals surface area contributed by atoms with E-state index in [1.807, 2.05) is 0 Å². The van der Waals surface area contributed by atoms with Gasteiger partial charge >= 0.3 is 92.4 Å². The van der Waals surface area contributed by atoms with Crippen LogP contribution in [-0.4, -0.2) is 19.8 Å². The molecule has 0 aromatic rings. The second-order valence-corrected chi connectivity index (χ2v) is 12.7. The molecule has 0 spiro atoms. The Morgan fingerprint density at radius 3 is 1.57 bits per heavy atom. The molecule has 0 heterocycles. The number of halogens is 1. The normalized spacial score (nSPS) is 10.3. The predicted molar refractivity (Wildman–Crippen MR) is 75.2 cm³/mol. The van der Waals surface area contributed by atoms with Gasteiger partial charge in [0, 0.05) is 0 Å². The molecule has 0 aliphatic carbocycles. The third kappa shape index (κ3) is 15.7. The first-order valence-electron chi connectivity index (χ1n) is 6.06. The third-order valence-corrected chi connectivity index (χ3v) is 6.39. The molecule has 14 heavy (non-hydrogen) atoms. The zero-order valence-electron chi connectivity index (χ0n) is 10.3. The summed E-state index contributed by atoms with van der Waals surface area (Å²) >= 11 is -0.716. The molecule has 0 aliphatic heterocycles. The Bertz CT molecular complexity index is 94.3. The molecule has 0 bridgehead atoms. The molecule has 0 unspecified atom stereocenters. The molecule has 0 rings (SSSR count). The predicted octanol–water partition coefficient (Wildman–Crippen LogP) is 5.46. The van der Waals surface area contributed by atoms with Gasteiger partial charge in [-0.1, -0.05) is 0 Å². The van der Waals surface area contributed by atoms with E-state index in [4.69, 9.17) is 0 Å². The van der Waals surface area contributed by atoms with Crippen molar-refractivity contribution in [3.05, 3.63) is 0 Å². The van der Waals surface area contributed by atoms with E-state index in [-0.39, 0.29) is 17.0 Å². The van der Waals surface area contributed by atoms with Gasteiger partial charge in [-0.15, -0.1) is 17.0 Å². The molecule has 0 aliphatic rings. The molecule has 0 nitrogen and oxygen atoms in total. The molecule has 0 N–H and O–H groups in total. The van der Waals surface area contributed by atoms with Crippen LogP contribution in [0.4, 0.5) is 0 Å². The van der Waals surface area contributed by atoms with Crippen molar-refractivity contribution < 1.29 is 0 Å². The van der Waals surface area contributed by atoms with Gasteiger partial charge < -0.3 is 0 Å². The zero-order chi connectivity index (χ0) is 9.94. The summed E-state index contributed by atoms with van der Waals surface area (Å²) in [5, 5.41) is 0. The first-order valence-corrected chi connectivity index (χ1v) is 13.8. The van der Waals surface area contributed by atoms with Gasteiger partial charge in [0.05, 0.1) is 0 Å². The van der Waals surface area contributed by atoms with Gasteiger partial charge in [0.15, 0.2) is 0 Å². The van der Waals surface area contributed by atoms with Crippen molar-refractivity contribution in [3.63, 3.8) is 0 Å². The Morgan fingerprint density at radius 2 is 1.14 bits per heavy atom. The van der Waals surface area contributed by atoms with Gasteiger partial charge in [-0.2, -0.15) is 0 Å². The average Bonchev–Trinajstić information content (AvgIpc) is 2.09. The number of hydrogen-bond donors (Lipinski definition) is 0. The Hall–Kier alpha value is 1.28. The number of unbranched alkanes of at least 4 members (excludes halogenated alkanes) is 7. The van der Waals surface area contributed by atoms with Crippen molar-refractivity contribution in [1.29, 1.82) is 0 Å². The second kappa shape index (κ2) is 14.3. The molecular formula is C12H28BrSn. The summed E-state index contributed by atoms with van der Waals surface area (Å²) in [5.41, 5.74) is 0.